The molecule has 32 heavy (non-hydrogen) atoms. The maximum atomic E-state index is 10.2. The lowest BCUT2D eigenvalue weighted by molar-refractivity contribution is -0.0423. The fourth-order valence-electron chi connectivity index (χ4n) is 8.19. The molecular formula is C28H38N2O2. The monoisotopic (exact) mass is 434 g/mol. The number of rotatable bonds is 3. The van der Waals surface area contributed by atoms with Crippen LogP contribution in [0.15, 0.2) is 46.1 Å². The molecule has 0 radical (unpaired) electrons. The second kappa shape index (κ2) is 8.13. The third kappa shape index (κ3) is 3.55. The van der Waals surface area contributed by atoms with Crippen molar-refractivity contribution < 1.29 is 10.2 Å². The Morgan fingerprint density at radius 1 is 1.09 bits per heavy atom. The van der Waals surface area contributed by atoms with E-state index in [-0.39, 0.29) is 11.9 Å². The van der Waals surface area contributed by atoms with Crippen molar-refractivity contribution in [2.24, 2.45) is 44.7 Å². The van der Waals surface area contributed by atoms with Crippen molar-refractivity contribution >= 4 is 11.9 Å². The summed E-state index contributed by atoms with van der Waals surface area (Å²) >= 11 is 0. The maximum absolute atomic E-state index is 10.2. The number of aromatic hydroxyl groups is 1. The first-order chi connectivity index (χ1) is 15.3. The highest BCUT2D eigenvalue weighted by Gasteiger charge is 2.58. The van der Waals surface area contributed by atoms with E-state index in [1.165, 1.54) is 32.1 Å². The summed E-state index contributed by atoms with van der Waals surface area (Å²) in [6.45, 7) is 7.18. The molecule has 1 aromatic carbocycles. The first kappa shape index (κ1) is 21.9. The van der Waals surface area contributed by atoms with Gasteiger partial charge < -0.3 is 10.2 Å². The minimum atomic E-state index is -0.130. The smallest absolute Gasteiger partial charge is 0.116 e. The first-order valence-corrected chi connectivity index (χ1v) is 12.6. The predicted octanol–water partition coefficient (Wildman–Crippen LogP) is 6.13. The van der Waals surface area contributed by atoms with Gasteiger partial charge in [0.15, 0.2) is 0 Å². The molecule has 0 aliphatic heterocycles. The molecule has 4 aliphatic rings. The number of aliphatic hydroxyl groups excluding tert-OH is 1. The van der Waals surface area contributed by atoms with Crippen molar-refractivity contribution in [2.45, 2.75) is 78.2 Å². The van der Waals surface area contributed by atoms with Gasteiger partial charge >= 0.3 is 0 Å². The lowest BCUT2D eigenvalue weighted by Gasteiger charge is -2.58. The van der Waals surface area contributed by atoms with Crippen LogP contribution < -0.4 is 0 Å². The van der Waals surface area contributed by atoms with Crippen LogP contribution >= 0.6 is 0 Å². The summed E-state index contributed by atoms with van der Waals surface area (Å²) in [5, 5.41) is 28.9. The zero-order valence-electron chi connectivity index (χ0n) is 19.8. The average Bonchev–Trinajstić information content (AvgIpc) is 3.11. The number of fused-ring (bicyclic) bond motifs is 5. The average molecular weight is 435 g/mol. The first-order valence-electron chi connectivity index (χ1n) is 12.6. The molecule has 7 atom stereocenters. The highest BCUT2D eigenvalue weighted by molar-refractivity contribution is 5.87. The van der Waals surface area contributed by atoms with E-state index in [0.29, 0.717) is 16.7 Å². The number of allylic oxidation sites excluding steroid dienone is 1. The fourth-order valence-corrected chi connectivity index (χ4v) is 8.19. The Balaban J connectivity index is 1.35. The van der Waals surface area contributed by atoms with E-state index in [1.54, 1.807) is 23.9 Å². The van der Waals surface area contributed by atoms with E-state index < -0.39 is 0 Å². The predicted molar refractivity (Wildman–Crippen MR) is 130 cm³/mol. The zero-order chi connectivity index (χ0) is 22.5. The third-order valence-electron chi connectivity index (χ3n) is 9.87. The Labute approximate surface area is 192 Å². The molecule has 0 spiro atoms. The number of phenolic OH excluding ortho intramolecular Hbond substituents is 1. The summed E-state index contributed by atoms with van der Waals surface area (Å²) in [7, 11) is 0. The van der Waals surface area contributed by atoms with Gasteiger partial charge in [-0.15, -0.1) is 0 Å². The van der Waals surface area contributed by atoms with Gasteiger partial charge in [-0.1, -0.05) is 37.6 Å². The number of aliphatic hydroxyl groups is 1. The van der Waals surface area contributed by atoms with Crippen LogP contribution in [0.3, 0.4) is 0 Å². The van der Waals surface area contributed by atoms with Crippen LogP contribution in [0, 0.1) is 34.5 Å². The molecule has 4 aliphatic carbocycles. The fraction of sp³-hybridized carbons (Fsp3) is 0.643. The molecule has 0 aromatic heterocycles. The highest BCUT2D eigenvalue weighted by atomic mass is 16.3. The topological polar surface area (TPSA) is 65.2 Å². The summed E-state index contributed by atoms with van der Waals surface area (Å²) in [4.78, 5) is 0. The largest absolute Gasteiger partial charge is 0.508 e. The van der Waals surface area contributed by atoms with Gasteiger partial charge in [0.2, 0.25) is 0 Å². The molecule has 2 N–H and O–H groups in total. The number of phenols is 1. The van der Waals surface area contributed by atoms with Crippen molar-refractivity contribution in [3.8, 4) is 5.75 Å². The van der Waals surface area contributed by atoms with Gasteiger partial charge in [-0.25, -0.2) is 0 Å². The van der Waals surface area contributed by atoms with Crippen molar-refractivity contribution in [3.63, 3.8) is 0 Å². The van der Waals surface area contributed by atoms with Crippen molar-refractivity contribution in [1.29, 1.82) is 0 Å². The second-order valence-electron chi connectivity index (χ2n) is 11.4. The quantitative estimate of drug-likeness (QED) is 0.341. The van der Waals surface area contributed by atoms with E-state index >= 15 is 0 Å². The molecule has 0 saturated heterocycles. The summed E-state index contributed by atoms with van der Waals surface area (Å²) in [6.07, 6.45) is 13.4. The van der Waals surface area contributed by atoms with E-state index in [2.05, 4.69) is 37.1 Å². The Kier molecular flexibility index (Phi) is 5.56. The Morgan fingerprint density at radius 2 is 1.94 bits per heavy atom. The van der Waals surface area contributed by atoms with Crippen molar-refractivity contribution in [2.75, 3.05) is 0 Å². The van der Waals surface area contributed by atoms with Crippen LogP contribution in [0.2, 0.25) is 0 Å². The number of nitrogens with zero attached hydrogens (tertiary/aromatic N) is 2. The maximum Gasteiger partial charge on any atom is 0.116 e. The number of hydrogen-bond donors (Lipinski definition) is 2. The molecule has 4 heteroatoms. The SMILES string of the molecule is C/C(=N/N=C/c1cccc(O)c1)C1CCC2C3CC=C4C[C@@H](O)CCC4(C)C3CCC12C. The van der Waals surface area contributed by atoms with Gasteiger partial charge in [-0.2, -0.15) is 10.2 Å². The van der Waals surface area contributed by atoms with Crippen LogP contribution in [0.25, 0.3) is 0 Å². The molecule has 6 unspecified atom stereocenters. The molecular weight excluding hydrogens is 396 g/mol. The summed E-state index contributed by atoms with van der Waals surface area (Å²) in [5.74, 6) is 3.05. The van der Waals surface area contributed by atoms with Gasteiger partial charge in [-0.3, -0.25) is 0 Å². The van der Waals surface area contributed by atoms with E-state index in [1.807, 2.05) is 12.1 Å². The van der Waals surface area contributed by atoms with Gasteiger partial charge in [0.1, 0.15) is 5.75 Å². The lowest BCUT2D eigenvalue weighted by Crippen LogP contribution is -2.50. The van der Waals surface area contributed by atoms with E-state index in [4.69, 9.17) is 0 Å². The molecule has 3 saturated carbocycles. The van der Waals surface area contributed by atoms with Gasteiger partial charge in [0.05, 0.1) is 12.3 Å². The number of hydrogen-bond acceptors (Lipinski definition) is 4. The molecule has 172 valence electrons. The van der Waals surface area contributed by atoms with E-state index in [0.717, 1.165) is 48.3 Å². The van der Waals surface area contributed by atoms with Crippen molar-refractivity contribution in [3.05, 3.63) is 41.5 Å². The molecule has 1 aromatic rings. The summed E-state index contributed by atoms with van der Waals surface area (Å²) < 4.78 is 0. The van der Waals surface area contributed by atoms with Crippen LogP contribution in [0.1, 0.15) is 77.7 Å². The number of benzene rings is 1. The van der Waals surface area contributed by atoms with Gasteiger partial charge in [0.25, 0.3) is 0 Å². The molecule has 4 nitrogen and oxygen atoms in total. The standard InChI is InChI=1S/C28H38N2O2/c1-18(30-29-17-19-5-4-6-21(31)15-19)24-9-10-25-23-8-7-20-16-22(32)11-13-27(20,2)26(23)12-14-28(24,25)3/h4-7,15,17,22-26,31-32H,8-14,16H2,1-3H3/b29-17+,30-18-/t22-,23?,24?,25?,26?,27?,28?/m0/s1. The lowest BCUT2D eigenvalue weighted by atomic mass is 9.47. The van der Waals surface area contributed by atoms with Crippen LogP contribution in [-0.4, -0.2) is 28.2 Å². The molecule has 0 amide bonds. The minimum Gasteiger partial charge on any atom is -0.508 e. The minimum absolute atomic E-state index is 0.130. The highest BCUT2D eigenvalue weighted by Crippen LogP contribution is 2.66. The van der Waals surface area contributed by atoms with Crippen LogP contribution in [-0.2, 0) is 0 Å². The molecule has 5 rings (SSSR count). The molecule has 0 heterocycles. The normalized spacial score (nSPS) is 41.7. The third-order valence-corrected chi connectivity index (χ3v) is 9.87. The summed E-state index contributed by atoms with van der Waals surface area (Å²) in [6, 6.07) is 7.13. The summed E-state index contributed by atoms with van der Waals surface area (Å²) in [5.41, 5.74) is 4.19. The van der Waals surface area contributed by atoms with Crippen LogP contribution in [0.5, 0.6) is 5.75 Å². The Hall–Kier alpha value is -1.94. The van der Waals surface area contributed by atoms with Gasteiger partial charge in [-0.05, 0) is 105 Å². The van der Waals surface area contributed by atoms with E-state index in [9.17, 15) is 10.2 Å². The van der Waals surface area contributed by atoms with Gasteiger partial charge in [0, 0.05) is 11.6 Å². The van der Waals surface area contributed by atoms with Crippen LogP contribution in [0.4, 0.5) is 0 Å². The second-order valence-corrected chi connectivity index (χ2v) is 11.4. The van der Waals surface area contributed by atoms with Crippen molar-refractivity contribution in [1.82, 2.24) is 0 Å². The Bertz CT molecular complexity index is 966. The zero-order valence-corrected chi connectivity index (χ0v) is 19.8. The Morgan fingerprint density at radius 3 is 2.75 bits per heavy atom. The molecule has 0 bridgehead atoms. The molecule has 3 fully saturated rings.